The van der Waals surface area contributed by atoms with Crippen LogP contribution in [0.4, 0.5) is 17.1 Å². The Labute approximate surface area is 407 Å². The van der Waals surface area contributed by atoms with E-state index < -0.39 is 93.2 Å². The number of hydrogen-bond donors (Lipinski definition) is 6. The highest BCUT2D eigenvalue weighted by molar-refractivity contribution is 5.79. The third-order valence-corrected chi connectivity index (χ3v) is 18.4. The highest BCUT2D eigenvalue weighted by Gasteiger charge is 2.70. The van der Waals surface area contributed by atoms with Gasteiger partial charge in [-0.1, -0.05) is 60.1 Å². The van der Waals surface area contributed by atoms with Gasteiger partial charge in [-0.05, 0) is 104 Å². The van der Waals surface area contributed by atoms with E-state index >= 15 is 0 Å². The largest absolute Gasteiger partial charge is 0.569 e. The summed E-state index contributed by atoms with van der Waals surface area (Å²) in [6.45, 7) is 14.7. The van der Waals surface area contributed by atoms with Crippen LogP contribution in [0, 0.1) is 75.7 Å². The van der Waals surface area contributed by atoms with Gasteiger partial charge in [0, 0.05) is 18.0 Å². The van der Waals surface area contributed by atoms with Crippen LogP contribution in [0.5, 0.6) is 5.75 Å². The lowest BCUT2D eigenvalue weighted by atomic mass is 9.33. The zero-order valence-electron chi connectivity index (χ0n) is 41.5. The maximum atomic E-state index is 14.6. The van der Waals surface area contributed by atoms with E-state index in [4.69, 9.17) is 24.2 Å². The average molecular weight is 989 g/mol. The van der Waals surface area contributed by atoms with E-state index in [1.807, 2.05) is 0 Å². The van der Waals surface area contributed by atoms with Crippen LogP contribution >= 0.6 is 0 Å². The number of hydrazine groups is 1. The maximum absolute atomic E-state index is 14.6. The SMILES string of the molecule is CN(CCO)/[N+]([O-])=N\Oc1cc(NCCC(=O)O[C@H]2CC[C@]3(C)[C@H]4CC=C5[C@@H]6CC(C)(C)CC[C@]6(C(=O)O[C@@H]6O[C@H](CO)[C@H](O)[C@H](O)[C@H]6O)CC[C@@]5(C)[C@]4(C)CC[C@H]3C2(C)C)c([N+](=O)[O-])cc1[N+](=O)[O-]. The molecule has 5 fully saturated rings. The van der Waals surface area contributed by atoms with E-state index in [1.165, 1.54) is 12.6 Å². The fraction of sp³-hybridized carbons (Fsp3) is 0.792. The molecule has 13 atom stereocenters. The number of anilines is 1. The van der Waals surface area contributed by atoms with E-state index in [0.29, 0.717) is 25.3 Å². The summed E-state index contributed by atoms with van der Waals surface area (Å²) >= 11 is 0. The molecule has 0 unspecified atom stereocenters. The van der Waals surface area contributed by atoms with Gasteiger partial charge in [0.25, 0.3) is 5.69 Å². The molecule has 5 aliphatic carbocycles. The minimum atomic E-state index is -1.69. The Morgan fingerprint density at radius 2 is 1.56 bits per heavy atom. The van der Waals surface area contributed by atoms with Crippen molar-refractivity contribution in [2.75, 3.05) is 38.7 Å². The predicted octanol–water partition coefficient (Wildman–Crippen LogP) is 5.46. The van der Waals surface area contributed by atoms with Gasteiger partial charge in [0.1, 0.15) is 42.3 Å². The molecule has 6 aliphatic rings. The molecule has 70 heavy (non-hydrogen) atoms. The topological polar surface area (TPSA) is 312 Å². The Morgan fingerprint density at radius 1 is 0.871 bits per heavy atom. The number of hydrogen-bond acceptors (Lipinski definition) is 18. The van der Waals surface area contributed by atoms with Crippen molar-refractivity contribution in [3.63, 3.8) is 0 Å². The molecule has 6 N–H and O–H groups in total. The number of carbonyl (C=O) groups is 2. The van der Waals surface area contributed by atoms with Crippen molar-refractivity contribution in [2.24, 2.45) is 55.5 Å². The first-order chi connectivity index (χ1) is 32.7. The molecule has 0 bridgehead atoms. The lowest BCUT2D eigenvalue weighted by molar-refractivity contribution is -0.701. The number of nitro groups is 2. The smallest absolute Gasteiger partial charge is 0.321 e. The number of aliphatic hydroxyl groups excluding tert-OH is 5. The summed E-state index contributed by atoms with van der Waals surface area (Å²) in [5.74, 6) is -1.28. The Balaban J connectivity index is 1.05. The lowest BCUT2D eigenvalue weighted by Crippen LogP contribution is -2.65. The van der Waals surface area contributed by atoms with E-state index in [2.05, 4.69) is 65.1 Å². The second kappa shape index (κ2) is 19.4. The molecule has 1 saturated heterocycles. The number of rotatable bonds is 15. The molecule has 390 valence electrons. The average Bonchev–Trinajstić information content (AvgIpc) is 3.29. The third kappa shape index (κ3) is 9.09. The minimum Gasteiger partial charge on any atom is -0.569 e. The normalized spacial score (nSPS) is 37.5. The van der Waals surface area contributed by atoms with Gasteiger partial charge in [-0.25, -0.2) is 0 Å². The maximum Gasteiger partial charge on any atom is 0.321 e. The van der Waals surface area contributed by atoms with E-state index in [0.717, 1.165) is 56.0 Å². The molecule has 1 aliphatic heterocycles. The number of ether oxygens (including phenoxy) is 3. The van der Waals surface area contributed by atoms with Gasteiger partial charge in [0.2, 0.25) is 17.3 Å². The number of allylic oxidation sites excluding steroid dienone is 2. The summed E-state index contributed by atoms with van der Waals surface area (Å²) in [5, 5.41) is 93.5. The van der Waals surface area contributed by atoms with Gasteiger partial charge in [-0.3, -0.25) is 34.7 Å². The first kappa shape index (κ1) is 53.1. The van der Waals surface area contributed by atoms with Gasteiger partial charge < -0.3 is 50.3 Å². The summed E-state index contributed by atoms with van der Waals surface area (Å²) in [6, 6.07) is 1.63. The molecule has 1 aromatic carbocycles. The Hall–Kier alpha value is -4.74. The molecule has 0 aromatic heterocycles. The number of aliphatic hydroxyl groups is 5. The fourth-order valence-electron chi connectivity index (χ4n) is 14.1. The van der Waals surface area contributed by atoms with Crippen molar-refractivity contribution in [2.45, 2.75) is 156 Å². The summed E-state index contributed by atoms with van der Waals surface area (Å²) in [4.78, 5) is 55.2. The molecule has 0 amide bonds. The second-order valence-corrected chi connectivity index (χ2v) is 22.9. The minimum absolute atomic E-state index is 0.0473. The number of fused-ring (bicyclic) bond motifs is 7. The van der Waals surface area contributed by atoms with E-state index in [9.17, 15) is 55.5 Å². The molecule has 7 rings (SSSR count). The van der Waals surface area contributed by atoms with Gasteiger partial charge in [-0.15, -0.1) is 5.01 Å². The number of nitro benzene ring substituents is 2. The molecule has 22 nitrogen and oxygen atoms in total. The van der Waals surface area contributed by atoms with Crippen LogP contribution in [0.2, 0.25) is 0 Å². The first-order valence-electron chi connectivity index (χ1n) is 24.5. The van der Waals surface area contributed by atoms with Crippen LogP contribution in [0.15, 0.2) is 29.1 Å². The molecule has 22 heteroatoms. The number of benzene rings is 1. The van der Waals surface area contributed by atoms with Crippen LogP contribution in [0.1, 0.15) is 119 Å². The summed E-state index contributed by atoms with van der Waals surface area (Å²) in [7, 11) is 1.29. The molecular formula is C48H72N6O16. The Kier molecular flexibility index (Phi) is 14.7. The fourth-order valence-corrected chi connectivity index (χ4v) is 14.1. The van der Waals surface area contributed by atoms with Crippen LogP contribution < -0.4 is 10.2 Å². The van der Waals surface area contributed by atoms with Crippen LogP contribution in [-0.4, -0.2) is 127 Å². The summed E-state index contributed by atoms with van der Waals surface area (Å²) in [6.07, 6.45) is 1.56. The van der Waals surface area contributed by atoms with Gasteiger partial charge >= 0.3 is 17.6 Å². The zero-order chi connectivity index (χ0) is 51.5. The van der Waals surface area contributed by atoms with Crippen molar-refractivity contribution in [1.29, 1.82) is 0 Å². The van der Waals surface area contributed by atoms with Gasteiger partial charge in [-0.2, -0.15) is 0 Å². The van der Waals surface area contributed by atoms with Crippen molar-refractivity contribution in [1.82, 2.24) is 5.01 Å². The van der Waals surface area contributed by atoms with E-state index in [-0.39, 0.29) is 76.2 Å². The zero-order valence-corrected chi connectivity index (χ0v) is 41.5. The van der Waals surface area contributed by atoms with Crippen molar-refractivity contribution >= 4 is 29.0 Å². The number of likely N-dealkylation sites (N-methyl/N-ethyl adjacent to an activating group) is 1. The quantitative estimate of drug-likeness (QED) is 0.0317. The van der Waals surface area contributed by atoms with Gasteiger partial charge in [0.05, 0.1) is 53.5 Å². The van der Waals surface area contributed by atoms with Crippen LogP contribution in [-0.2, 0) is 23.8 Å². The Morgan fingerprint density at radius 3 is 2.21 bits per heavy atom. The lowest BCUT2D eigenvalue weighted by Gasteiger charge is -2.71. The molecule has 0 radical (unpaired) electrons. The predicted molar refractivity (Wildman–Crippen MR) is 248 cm³/mol. The highest BCUT2D eigenvalue weighted by Crippen LogP contribution is 2.76. The van der Waals surface area contributed by atoms with E-state index in [1.54, 1.807) is 0 Å². The molecule has 4 saturated carbocycles. The highest BCUT2D eigenvalue weighted by atomic mass is 16.7. The first-order valence-corrected chi connectivity index (χ1v) is 24.5. The number of esters is 2. The Bertz CT molecular complexity index is 2260. The van der Waals surface area contributed by atoms with Crippen molar-refractivity contribution in [3.05, 3.63) is 49.2 Å². The summed E-state index contributed by atoms with van der Waals surface area (Å²) in [5.41, 5.74) is -2.35. The summed E-state index contributed by atoms with van der Waals surface area (Å²) < 4.78 is 17.9. The number of nitrogens with zero attached hydrogens (tertiary/aromatic N) is 5. The second-order valence-electron chi connectivity index (χ2n) is 22.9. The number of carbonyl (C=O) groups excluding carboxylic acids is 2. The monoisotopic (exact) mass is 989 g/mol. The van der Waals surface area contributed by atoms with Gasteiger partial charge in [0.15, 0.2) is 0 Å². The molecule has 1 heterocycles. The van der Waals surface area contributed by atoms with Crippen molar-refractivity contribution in [3.8, 4) is 5.75 Å². The molecule has 1 aromatic rings. The molecule has 0 spiro atoms. The third-order valence-electron chi connectivity index (χ3n) is 18.4. The number of nitrogens with one attached hydrogen (secondary N) is 1. The van der Waals surface area contributed by atoms with Crippen LogP contribution in [0.25, 0.3) is 0 Å². The molecular weight excluding hydrogens is 917 g/mol. The standard InChI is InChI=1S/C48H72N6O16/c1-43(2)16-18-48(42(61)69-41-40(60)39(59)38(58)33(26-56)67-41)19-17-46(6)27(28(48)25-43)9-10-35-45(5)14-12-36(44(3,4)34(45)11-15-47(35,46)7)68-37(57)13-20-49-29-23-32(70-50-54(66)51(8)21-22-55)31(53(64)65)24-30(29)52(62)63/h9,23-24,28,33-36,38-41,49,55-56,58-60H,10-22,25-26H2,1-8H3/b54-50+/t28-,33+,34-,35+,36-,38-,39-,40+,41-,45-,46+,47+,48-/m0/s1. The van der Waals surface area contributed by atoms with Crippen molar-refractivity contribution < 1.29 is 69.0 Å². The van der Waals surface area contributed by atoms with Crippen LogP contribution in [0.3, 0.4) is 0 Å².